The van der Waals surface area contributed by atoms with Crippen molar-refractivity contribution >= 4 is 17.1 Å². The van der Waals surface area contributed by atoms with Gasteiger partial charge in [0, 0.05) is 0 Å². The minimum atomic E-state index is -0.816. The van der Waals surface area contributed by atoms with Crippen LogP contribution in [-0.4, -0.2) is 15.5 Å². The van der Waals surface area contributed by atoms with Crippen LogP contribution in [0.4, 0.5) is 0 Å². The van der Waals surface area contributed by atoms with Gasteiger partial charge in [-0.15, -0.1) is 0 Å². The van der Waals surface area contributed by atoms with Crippen LogP contribution in [0.3, 0.4) is 0 Å². The van der Waals surface area contributed by atoms with Crippen molar-refractivity contribution in [3.63, 3.8) is 0 Å². The molecule has 0 bridgehead atoms. The van der Waals surface area contributed by atoms with E-state index in [2.05, 4.69) is 4.98 Å². The number of para-hydroxylation sites is 2. The Bertz CT molecular complexity index is 899. The van der Waals surface area contributed by atoms with E-state index < -0.39 is 17.8 Å². The normalized spacial score (nSPS) is 12.5. The molecule has 0 radical (unpaired) electrons. The SMILES string of the molecule is Cc1nc(COC(=O)C(C)n2c(=O)oc3ccccc32)oc1C. The third-order valence-corrected chi connectivity index (χ3v) is 3.66. The van der Waals surface area contributed by atoms with Crippen molar-refractivity contribution < 1.29 is 18.4 Å². The number of aromatic nitrogens is 2. The monoisotopic (exact) mass is 316 g/mol. The summed E-state index contributed by atoms with van der Waals surface area (Å²) >= 11 is 0. The van der Waals surface area contributed by atoms with Crippen LogP contribution in [0.5, 0.6) is 0 Å². The summed E-state index contributed by atoms with van der Waals surface area (Å²) in [6.45, 7) is 5.09. The molecule has 0 amide bonds. The first kappa shape index (κ1) is 15.1. The predicted molar refractivity (Wildman–Crippen MR) is 81.0 cm³/mol. The maximum atomic E-state index is 12.2. The molecule has 2 heterocycles. The van der Waals surface area contributed by atoms with Crippen molar-refractivity contribution in [1.82, 2.24) is 9.55 Å². The number of carbonyl (C=O) groups excluding carboxylic acids is 1. The van der Waals surface area contributed by atoms with Crippen LogP contribution in [0.25, 0.3) is 11.1 Å². The summed E-state index contributed by atoms with van der Waals surface area (Å²) in [4.78, 5) is 28.3. The predicted octanol–water partition coefficient (Wildman–Crippen LogP) is 2.50. The summed E-state index contributed by atoms with van der Waals surface area (Å²) in [6.07, 6.45) is 0. The van der Waals surface area contributed by atoms with Gasteiger partial charge in [0.2, 0.25) is 5.89 Å². The molecule has 0 N–H and O–H groups in total. The highest BCUT2D eigenvalue weighted by Crippen LogP contribution is 2.18. The van der Waals surface area contributed by atoms with Gasteiger partial charge >= 0.3 is 11.7 Å². The Hall–Kier alpha value is -2.83. The van der Waals surface area contributed by atoms with Gasteiger partial charge in [0.05, 0.1) is 11.2 Å². The highest BCUT2D eigenvalue weighted by Gasteiger charge is 2.23. The van der Waals surface area contributed by atoms with Gasteiger partial charge in [-0.25, -0.2) is 14.6 Å². The molecule has 0 fully saturated rings. The fourth-order valence-corrected chi connectivity index (χ4v) is 2.31. The topological polar surface area (TPSA) is 87.5 Å². The maximum absolute atomic E-state index is 12.2. The summed E-state index contributed by atoms with van der Waals surface area (Å²) in [7, 11) is 0. The van der Waals surface area contributed by atoms with E-state index in [-0.39, 0.29) is 6.61 Å². The lowest BCUT2D eigenvalue weighted by Crippen LogP contribution is -2.26. The van der Waals surface area contributed by atoms with Gasteiger partial charge in [0.1, 0.15) is 11.8 Å². The number of hydrogen-bond donors (Lipinski definition) is 0. The number of aryl methyl sites for hydroxylation is 2. The average molecular weight is 316 g/mol. The molecule has 0 aliphatic carbocycles. The lowest BCUT2D eigenvalue weighted by atomic mass is 10.3. The standard InChI is InChI=1S/C16H16N2O5/c1-9-11(3)22-14(17-9)8-21-15(19)10(2)18-12-6-4-5-7-13(12)23-16(18)20/h4-7,10H,8H2,1-3H3. The highest BCUT2D eigenvalue weighted by atomic mass is 16.5. The number of fused-ring (bicyclic) bond motifs is 1. The zero-order valence-corrected chi connectivity index (χ0v) is 13.0. The number of benzene rings is 1. The Morgan fingerprint density at radius 2 is 2.04 bits per heavy atom. The van der Waals surface area contributed by atoms with E-state index in [1.165, 1.54) is 4.57 Å². The molecule has 1 aromatic carbocycles. The largest absolute Gasteiger partial charge is 0.454 e. The lowest BCUT2D eigenvalue weighted by Gasteiger charge is -2.11. The molecule has 3 rings (SSSR count). The van der Waals surface area contributed by atoms with Crippen LogP contribution in [-0.2, 0) is 16.1 Å². The van der Waals surface area contributed by atoms with Crippen LogP contribution in [0.15, 0.2) is 37.9 Å². The van der Waals surface area contributed by atoms with Gasteiger partial charge in [-0.2, -0.15) is 0 Å². The first-order valence-corrected chi connectivity index (χ1v) is 7.17. The van der Waals surface area contributed by atoms with Crippen molar-refractivity contribution in [2.75, 3.05) is 0 Å². The third kappa shape index (κ3) is 2.77. The van der Waals surface area contributed by atoms with Crippen LogP contribution < -0.4 is 5.76 Å². The van der Waals surface area contributed by atoms with Crippen LogP contribution >= 0.6 is 0 Å². The van der Waals surface area contributed by atoms with Gasteiger partial charge in [-0.1, -0.05) is 12.1 Å². The quantitative estimate of drug-likeness (QED) is 0.687. The molecular weight excluding hydrogens is 300 g/mol. The smallest absolute Gasteiger partial charge is 0.420 e. The number of hydrogen-bond acceptors (Lipinski definition) is 6. The second-order valence-electron chi connectivity index (χ2n) is 5.24. The molecule has 23 heavy (non-hydrogen) atoms. The van der Waals surface area contributed by atoms with E-state index in [9.17, 15) is 9.59 Å². The van der Waals surface area contributed by atoms with Crippen molar-refractivity contribution in [2.24, 2.45) is 0 Å². The van der Waals surface area contributed by atoms with Gasteiger partial charge in [-0.3, -0.25) is 4.57 Å². The number of nitrogens with zero attached hydrogens (tertiary/aromatic N) is 2. The molecule has 7 heteroatoms. The van der Waals surface area contributed by atoms with E-state index in [0.29, 0.717) is 22.8 Å². The van der Waals surface area contributed by atoms with Crippen LogP contribution in [0, 0.1) is 13.8 Å². The fraction of sp³-hybridized carbons (Fsp3) is 0.312. The highest BCUT2D eigenvalue weighted by molar-refractivity contribution is 5.79. The molecule has 0 saturated carbocycles. The Morgan fingerprint density at radius 1 is 1.30 bits per heavy atom. The van der Waals surface area contributed by atoms with Gasteiger partial charge in [0.15, 0.2) is 12.2 Å². The molecule has 7 nitrogen and oxygen atoms in total. The number of rotatable bonds is 4. The third-order valence-electron chi connectivity index (χ3n) is 3.66. The first-order chi connectivity index (χ1) is 11.0. The van der Waals surface area contributed by atoms with E-state index in [1.807, 2.05) is 6.92 Å². The molecule has 0 spiro atoms. The Kier molecular flexibility index (Phi) is 3.77. The summed E-state index contributed by atoms with van der Waals surface area (Å²) in [5.41, 5.74) is 1.72. The minimum absolute atomic E-state index is 0.0810. The summed E-state index contributed by atoms with van der Waals surface area (Å²) in [5.74, 6) is -0.156. The van der Waals surface area contributed by atoms with Crippen LogP contribution in [0.2, 0.25) is 0 Å². The summed E-state index contributed by atoms with van der Waals surface area (Å²) in [6, 6.07) is 6.09. The molecular formula is C16H16N2O5. The maximum Gasteiger partial charge on any atom is 0.420 e. The number of esters is 1. The van der Waals surface area contributed by atoms with Gasteiger partial charge in [-0.05, 0) is 32.9 Å². The van der Waals surface area contributed by atoms with Crippen molar-refractivity contribution in [3.05, 3.63) is 52.2 Å². The van der Waals surface area contributed by atoms with Crippen molar-refractivity contribution in [1.29, 1.82) is 0 Å². The molecule has 1 atom stereocenters. The molecule has 1 unspecified atom stereocenters. The fourth-order valence-electron chi connectivity index (χ4n) is 2.31. The Morgan fingerprint density at radius 3 is 2.74 bits per heavy atom. The second kappa shape index (κ2) is 5.75. The molecule has 0 saturated heterocycles. The molecule has 0 aliphatic heterocycles. The van der Waals surface area contributed by atoms with Gasteiger partial charge in [0.25, 0.3) is 0 Å². The molecule has 2 aromatic heterocycles. The van der Waals surface area contributed by atoms with E-state index >= 15 is 0 Å². The molecule has 3 aromatic rings. The minimum Gasteiger partial charge on any atom is -0.454 e. The summed E-state index contributed by atoms with van der Waals surface area (Å²) < 4.78 is 16.9. The van der Waals surface area contributed by atoms with E-state index in [1.54, 1.807) is 38.1 Å². The summed E-state index contributed by atoms with van der Waals surface area (Å²) in [5, 5.41) is 0. The number of ether oxygens (including phenoxy) is 1. The number of oxazole rings is 2. The Balaban J connectivity index is 1.79. The van der Waals surface area contributed by atoms with Crippen LogP contribution in [0.1, 0.15) is 30.3 Å². The van der Waals surface area contributed by atoms with Crippen molar-refractivity contribution in [2.45, 2.75) is 33.4 Å². The first-order valence-electron chi connectivity index (χ1n) is 7.17. The lowest BCUT2D eigenvalue weighted by molar-refractivity contribution is -0.149. The van der Waals surface area contributed by atoms with Gasteiger partial charge < -0.3 is 13.6 Å². The van der Waals surface area contributed by atoms with E-state index in [4.69, 9.17) is 13.6 Å². The second-order valence-corrected chi connectivity index (χ2v) is 5.24. The zero-order valence-electron chi connectivity index (χ0n) is 13.0. The van der Waals surface area contributed by atoms with Crippen molar-refractivity contribution in [3.8, 4) is 0 Å². The number of carbonyl (C=O) groups is 1. The Labute approximate surface area is 131 Å². The zero-order chi connectivity index (χ0) is 16.6. The molecule has 0 aliphatic rings. The van der Waals surface area contributed by atoms with E-state index in [0.717, 1.165) is 5.69 Å². The molecule has 120 valence electrons. The average Bonchev–Trinajstić information content (AvgIpc) is 3.03.